The lowest BCUT2D eigenvalue weighted by molar-refractivity contribution is 0.591. The third kappa shape index (κ3) is 1.67. The number of hydrogen-bond donors (Lipinski definition) is 1. The van der Waals surface area contributed by atoms with E-state index in [9.17, 15) is 0 Å². The predicted octanol–water partition coefficient (Wildman–Crippen LogP) is 3.12. The van der Waals surface area contributed by atoms with Gasteiger partial charge < -0.3 is 9.88 Å². The van der Waals surface area contributed by atoms with Crippen molar-refractivity contribution in [3.63, 3.8) is 0 Å². The van der Waals surface area contributed by atoms with Crippen molar-refractivity contribution >= 4 is 10.9 Å². The molecular formula is C16H22N2. The fraction of sp³-hybridized carbons (Fsp3) is 0.500. The molecule has 0 saturated heterocycles. The summed E-state index contributed by atoms with van der Waals surface area (Å²) in [7, 11) is 2.19. The van der Waals surface area contributed by atoms with Gasteiger partial charge in [0, 0.05) is 30.2 Å². The van der Waals surface area contributed by atoms with Crippen LogP contribution >= 0.6 is 0 Å². The van der Waals surface area contributed by atoms with Gasteiger partial charge in [0.25, 0.3) is 0 Å². The zero-order chi connectivity index (χ0) is 12.9. The molecule has 0 saturated carbocycles. The molecule has 0 atom stereocenters. The third-order valence-corrected chi connectivity index (χ3v) is 4.15. The first-order valence-electron chi connectivity index (χ1n) is 6.80. The molecule has 0 unspecified atom stereocenters. The van der Waals surface area contributed by atoms with Crippen molar-refractivity contribution in [3.8, 4) is 0 Å². The first-order chi connectivity index (χ1) is 8.48. The van der Waals surface area contributed by atoms with Crippen LogP contribution in [-0.2, 0) is 25.4 Å². The maximum absolute atomic E-state index is 3.47. The Kier molecular flexibility index (Phi) is 2.53. The molecule has 2 heterocycles. The highest BCUT2D eigenvalue weighted by atomic mass is 15.0. The summed E-state index contributed by atoms with van der Waals surface area (Å²) in [5, 5.41) is 4.93. The summed E-state index contributed by atoms with van der Waals surface area (Å²) in [6, 6.07) is 6.97. The van der Waals surface area contributed by atoms with Gasteiger partial charge in [-0.1, -0.05) is 26.8 Å². The Labute approximate surface area is 109 Å². The Morgan fingerprint density at radius 1 is 1.22 bits per heavy atom. The molecule has 2 nitrogen and oxygen atoms in total. The van der Waals surface area contributed by atoms with Crippen LogP contribution < -0.4 is 5.32 Å². The second-order valence-corrected chi connectivity index (χ2v) is 6.39. The molecule has 2 heteroatoms. The normalized spacial score (nSPS) is 16.0. The number of benzene rings is 1. The lowest BCUT2D eigenvalue weighted by Gasteiger charge is -2.19. The molecule has 1 aliphatic heterocycles. The summed E-state index contributed by atoms with van der Waals surface area (Å²) >= 11 is 0. The Morgan fingerprint density at radius 2 is 2.00 bits per heavy atom. The van der Waals surface area contributed by atoms with Gasteiger partial charge in [-0.3, -0.25) is 0 Å². The van der Waals surface area contributed by atoms with Gasteiger partial charge in [-0.25, -0.2) is 0 Å². The number of nitrogens with zero attached hydrogens (tertiary/aromatic N) is 1. The number of hydrogen-bond acceptors (Lipinski definition) is 1. The molecule has 2 aromatic rings. The number of fused-ring (bicyclic) bond motifs is 3. The van der Waals surface area contributed by atoms with E-state index in [0.717, 1.165) is 19.5 Å². The molecular weight excluding hydrogens is 220 g/mol. The van der Waals surface area contributed by atoms with Crippen LogP contribution in [0.5, 0.6) is 0 Å². The Balaban J connectivity index is 2.28. The lowest BCUT2D eigenvalue weighted by Crippen LogP contribution is -2.24. The van der Waals surface area contributed by atoms with E-state index in [1.807, 2.05) is 0 Å². The standard InChI is InChI=1S/C16H22N2/c1-16(2,3)11-5-6-14-13(9-11)12-7-8-17-10-15(12)18(14)4/h5-6,9,17H,7-8,10H2,1-4H3. The number of nitrogens with one attached hydrogen (secondary N) is 1. The summed E-state index contributed by atoms with van der Waals surface area (Å²) in [4.78, 5) is 0. The molecule has 96 valence electrons. The summed E-state index contributed by atoms with van der Waals surface area (Å²) in [5.74, 6) is 0. The molecule has 1 aromatic carbocycles. The SMILES string of the molecule is Cn1c2c(c3cc(C(C)(C)C)ccc31)CCNC2. The van der Waals surface area contributed by atoms with Crippen LogP contribution in [0, 0.1) is 0 Å². The monoisotopic (exact) mass is 242 g/mol. The molecule has 0 amide bonds. The van der Waals surface area contributed by atoms with Gasteiger partial charge >= 0.3 is 0 Å². The third-order valence-electron chi connectivity index (χ3n) is 4.15. The molecule has 0 aliphatic carbocycles. The van der Waals surface area contributed by atoms with Crippen LogP contribution in [0.1, 0.15) is 37.6 Å². The number of rotatable bonds is 0. The summed E-state index contributed by atoms with van der Waals surface area (Å²) < 4.78 is 2.35. The van der Waals surface area contributed by atoms with E-state index in [0.29, 0.717) is 0 Å². The van der Waals surface area contributed by atoms with E-state index < -0.39 is 0 Å². The fourth-order valence-corrected chi connectivity index (χ4v) is 2.96. The second kappa shape index (κ2) is 3.86. The van der Waals surface area contributed by atoms with Crippen LogP contribution in [0.2, 0.25) is 0 Å². The number of aryl methyl sites for hydroxylation is 1. The largest absolute Gasteiger partial charge is 0.346 e. The van der Waals surface area contributed by atoms with E-state index in [4.69, 9.17) is 0 Å². The van der Waals surface area contributed by atoms with E-state index in [2.05, 4.69) is 55.9 Å². The molecule has 3 rings (SSSR count). The summed E-state index contributed by atoms with van der Waals surface area (Å²) in [6.45, 7) is 8.96. The predicted molar refractivity (Wildman–Crippen MR) is 77.0 cm³/mol. The maximum Gasteiger partial charge on any atom is 0.0483 e. The second-order valence-electron chi connectivity index (χ2n) is 6.39. The molecule has 0 spiro atoms. The van der Waals surface area contributed by atoms with Crippen molar-refractivity contribution in [2.24, 2.45) is 7.05 Å². The Bertz CT molecular complexity index is 600. The van der Waals surface area contributed by atoms with E-state index >= 15 is 0 Å². The van der Waals surface area contributed by atoms with Crippen molar-refractivity contribution in [1.82, 2.24) is 9.88 Å². The van der Waals surface area contributed by atoms with Gasteiger partial charge in [0.2, 0.25) is 0 Å². The van der Waals surface area contributed by atoms with Gasteiger partial charge in [-0.05, 0) is 41.6 Å². The van der Waals surface area contributed by atoms with Crippen LogP contribution in [-0.4, -0.2) is 11.1 Å². The Hall–Kier alpha value is -1.28. The quantitative estimate of drug-likeness (QED) is 0.751. The molecule has 1 aromatic heterocycles. The van der Waals surface area contributed by atoms with Crippen LogP contribution in [0.15, 0.2) is 18.2 Å². The topological polar surface area (TPSA) is 17.0 Å². The minimum Gasteiger partial charge on any atom is -0.346 e. The average molecular weight is 242 g/mol. The fourth-order valence-electron chi connectivity index (χ4n) is 2.96. The van der Waals surface area contributed by atoms with Crippen molar-refractivity contribution in [2.75, 3.05) is 6.54 Å². The Morgan fingerprint density at radius 3 is 2.72 bits per heavy atom. The van der Waals surface area contributed by atoms with Gasteiger partial charge in [-0.2, -0.15) is 0 Å². The molecule has 0 bridgehead atoms. The first kappa shape index (κ1) is 11.8. The maximum atomic E-state index is 3.47. The smallest absolute Gasteiger partial charge is 0.0483 e. The molecule has 0 fully saturated rings. The zero-order valence-corrected chi connectivity index (χ0v) is 11.8. The van der Waals surface area contributed by atoms with Gasteiger partial charge in [0.05, 0.1) is 0 Å². The highest BCUT2D eigenvalue weighted by molar-refractivity contribution is 5.86. The molecule has 0 radical (unpaired) electrons. The first-order valence-corrected chi connectivity index (χ1v) is 6.80. The lowest BCUT2D eigenvalue weighted by atomic mass is 9.86. The van der Waals surface area contributed by atoms with Crippen molar-refractivity contribution in [3.05, 3.63) is 35.0 Å². The van der Waals surface area contributed by atoms with E-state index in [1.54, 1.807) is 5.56 Å². The summed E-state index contributed by atoms with van der Waals surface area (Å²) in [5.41, 5.74) is 6.04. The van der Waals surface area contributed by atoms with Gasteiger partial charge in [0.15, 0.2) is 0 Å². The zero-order valence-electron chi connectivity index (χ0n) is 11.8. The van der Waals surface area contributed by atoms with Gasteiger partial charge in [-0.15, -0.1) is 0 Å². The minimum atomic E-state index is 0.226. The highest BCUT2D eigenvalue weighted by Crippen LogP contribution is 2.32. The molecule has 1 aliphatic rings. The number of aromatic nitrogens is 1. The van der Waals surface area contributed by atoms with E-state index in [-0.39, 0.29) is 5.41 Å². The van der Waals surface area contributed by atoms with Crippen molar-refractivity contribution in [1.29, 1.82) is 0 Å². The van der Waals surface area contributed by atoms with Crippen LogP contribution in [0.3, 0.4) is 0 Å². The van der Waals surface area contributed by atoms with Crippen LogP contribution in [0.4, 0.5) is 0 Å². The van der Waals surface area contributed by atoms with E-state index in [1.165, 1.54) is 22.2 Å². The van der Waals surface area contributed by atoms with Gasteiger partial charge in [0.1, 0.15) is 0 Å². The van der Waals surface area contributed by atoms with Crippen LogP contribution in [0.25, 0.3) is 10.9 Å². The van der Waals surface area contributed by atoms with Crippen molar-refractivity contribution < 1.29 is 0 Å². The minimum absolute atomic E-state index is 0.226. The average Bonchev–Trinajstić information content (AvgIpc) is 2.63. The summed E-state index contributed by atoms with van der Waals surface area (Å²) in [6.07, 6.45) is 1.15. The molecule has 1 N–H and O–H groups in total. The molecule has 18 heavy (non-hydrogen) atoms. The van der Waals surface area contributed by atoms with Crippen molar-refractivity contribution in [2.45, 2.75) is 39.2 Å². The highest BCUT2D eigenvalue weighted by Gasteiger charge is 2.20.